The molecule has 1 aromatic rings. The Morgan fingerprint density at radius 1 is 0.846 bits per heavy atom. The van der Waals surface area contributed by atoms with E-state index in [4.69, 9.17) is 0 Å². The second kappa shape index (κ2) is 9.93. The molecule has 0 N–H and O–H groups in total. The SMILES string of the molecule is C=C(CC/C(=C\C(=O)c1ccc(C(=O)OC)cc1)C(=O)OC)C(=O)OC. The van der Waals surface area contributed by atoms with E-state index in [2.05, 4.69) is 20.8 Å². The van der Waals surface area contributed by atoms with Crippen molar-refractivity contribution in [3.8, 4) is 0 Å². The van der Waals surface area contributed by atoms with Crippen molar-refractivity contribution in [3.05, 3.63) is 59.2 Å². The molecule has 0 aliphatic rings. The third-order valence-corrected chi connectivity index (χ3v) is 3.51. The molecule has 0 amide bonds. The Labute approximate surface area is 151 Å². The van der Waals surface area contributed by atoms with E-state index in [0.29, 0.717) is 5.56 Å². The van der Waals surface area contributed by atoms with Crippen molar-refractivity contribution >= 4 is 23.7 Å². The Hall–Kier alpha value is -3.22. The first-order valence-electron chi connectivity index (χ1n) is 7.61. The summed E-state index contributed by atoms with van der Waals surface area (Å²) in [6.07, 6.45) is 1.37. The molecular formula is C19H20O7. The van der Waals surface area contributed by atoms with E-state index in [-0.39, 0.29) is 29.6 Å². The van der Waals surface area contributed by atoms with Gasteiger partial charge < -0.3 is 14.2 Å². The van der Waals surface area contributed by atoms with Gasteiger partial charge in [0.1, 0.15) is 0 Å². The fraction of sp³-hybridized carbons (Fsp3) is 0.263. The number of methoxy groups -OCH3 is 3. The lowest BCUT2D eigenvalue weighted by Gasteiger charge is -2.07. The van der Waals surface area contributed by atoms with E-state index in [1.165, 1.54) is 45.6 Å². The molecule has 0 bridgehead atoms. The number of esters is 3. The van der Waals surface area contributed by atoms with E-state index in [9.17, 15) is 19.2 Å². The van der Waals surface area contributed by atoms with Gasteiger partial charge in [-0.3, -0.25) is 4.79 Å². The second-order valence-electron chi connectivity index (χ2n) is 5.19. The molecule has 7 nitrogen and oxygen atoms in total. The molecule has 7 heteroatoms. The average Bonchev–Trinajstić information content (AvgIpc) is 2.68. The fourth-order valence-electron chi connectivity index (χ4n) is 2.03. The maximum atomic E-state index is 12.3. The van der Waals surface area contributed by atoms with Crippen molar-refractivity contribution in [2.75, 3.05) is 21.3 Å². The van der Waals surface area contributed by atoms with E-state index in [1.807, 2.05) is 0 Å². The van der Waals surface area contributed by atoms with Crippen LogP contribution in [-0.4, -0.2) is 45.0 Å². The van der Waals surface area contributed by atoms with E-state index >= 15 is 0 Å². The Balaban J connectivity index is 2.95. The number of hydrogen-bond donors (Lipinski definition) is 0. The molecule has 1 rings (SSSR count). The fourth-order valence-corrected chi connectivity index (χ4v) is 2.03. The Kier molecular flexibility index (Phi) is 7.95. The summed E-state index contributed by atoms with van der Waals surface area (Å²) in [5.41, 5.74) is 0.859. The highest BCUT2D eigenvalue weighted by atomic mass is 16.5. The maximum Gasteiger partial charge on any atom is 0.337 e. The Morgan fingerprint density at radius 3 is 1.88 bits per heavy atom. The van der Waals surface area contributed by atoms with Gasteiger partial charge in [0.15, 0.2) is 5.78 Å². The molecule has 0 aliphatic heterocycles. The summed E-state index contributed by atoms with van der Waals surface area (Å²) < 4.78 is 13.8. The number of ether oxygens (including phenoxy) is 3. The van der Waals surface area contributed by atoms with Crippen molar-refractivity contribution in [3.63, 3.8) is 0 Å². The normalized spacial score (nSPS) is 10.7. The molecule has 1 aromatic carbocycles. The first-order valence-corrected chi connectivity index (χ1v) is 7.61. The highest BCUT2D eigenvalue weighted by Crippen LogP contribution is 2.15. The van der Waals surface area contributed by atoms with Crippen LogP contribution in [0.5, 0.6) is 0 Å². The molecule has 0 saturated carbocycles. The van der Waals surface area contributed by atoms with Crippen LogP contribution >= 0.6 is 0 Å². The molecule has 0 spiro atoms. The molecule has 0 atom stereocenters. The lowest BCUT2D eigenvalue weighted by molar-refractivity contribution is -0.137. The van der Waals surface area contributed by atoms with Crippen LogP contribution in [0.15, 0.2) is 48.1 Å². The summed E-state index contributed by atoms with van der Waals surface area (Å²) in [4.78, 5) is 47.0. The zero-order valence-corrected chi connectivity index (χ0v) is 14.9. The standard InChI is InChI=1S/C19H20O7/c1-12(17(21)24-2)5-6-15(19(23)26-4)11-16(20)13-7-9-14(10-8-13)18(22)25-3/h7-11H,1,5-6H2,2-4H3/b15-11+. The molecular weight excluding hydrogens is 340 g/mol. The highest BCUT2D eigenvalue weighted by Gasteiger charge is 2.16. The highest BCUT2D eigenvalue weighted by molar-refractivity contribution is 6.09. The van der Waals surface area contributed by atoms with Crippen LogP contribution in [0, 0.1) is 0 Å². The molecule has 0 heterocycles. The van der Waals surface area contributed by atoms with Crippen LogP contribution in [0.3, 0.4) is 0 Å². The van der Waals surface area contributed by atoms with Crippen molar-refractivity contribution in [2.45, 2.75) is 12.8 Å². The van der Waals surface area contributed by atoms with Crippen LogP contribution in [0.1, 0.15) is 33.6 Å². The van der Waals surface area contributed by atoms with Crippen molar-refractivity contribution < 1.29 is 33.4 Å². The molecule has 0 unspecified atom stereocenters. The second-order valence-corrected chi connectivity index (χ2v) is 5.19. The number of benzene rings is 1. The van der Waals surface area contributed by atoms with Gasteiger partial charge in [0, 0.05) is 16.7 Å². The van der Waals surface area contributed by atoms with E-state index < -0.39 is 23.7 Å². The van der Waals surface area contributed by atoms with Gasteiger partial charge in [-0.05, 0) is 31.1 Å². The van der Waals surface area contributed by atoms with Gasteiger partial charge >= 0.3 is 17.9 Å². The molecule has 138 valence electrons. The minimum Gasteiger partial charge on any atom is -0.466 e. The lowest BCUT2D eigenvalue weighted by Crippen LogP contribution is -2.10. The van der Waals surface area contributed by atoms with Crippen molar-refractivity contribution in [1.29, 1.82) is 0 Å². The predicted octanol–water partition coefficient (Wildman–Crippen LogP) is 2.26. The minimum absolute atomic E-state index is 0.0899. The summed E-state index contributed by atoms with van der Waals surface area (Å²) in [6.45, 7) is 3.57. The molecule has 26 heavy (non-hydrogen) atoms. The van der Waals surface area contributed by atoms with Crippen molar-refractivity contribution in [1.82, 2.24) is 0 Å². The monoisotopic (exact) mass is 360 g/mol. The van der Waals surface area contributed by atoms with Gasteiger partial charge in [0.25, 0.3) is 0 Å². The van der Waals surface area contributed by atoms with Gasteiger partial charge in [-0.1, -0.05) is 18.7 Å². The van der Waals surface area contributed by atoms with Gasteiger partial charge in [-0.25, -0.2) is 14.4 Å². The van der Waals surface area contributed by atoms with Gasteiger partial charge in [-0.15, -0.1) is 0 Å². The summed E-state index contributed by atoms with van der Waals surface area (Å²) >= 11 is 0. The zero-order valence-electron chi connectivity index (χ0n) is 14.9. The first-order chi connectivity index (χ1) is 12.3. The van der Waals surface area contributed by atoms with E-state index in [1.54, 1.807) is 0 Å². The van der Waals surface area contributed by atoms with Crippen molar-refractivity contribution in [2.24, 2.45) is 0 Å². The molecule has 0 saturated heterocycles. The first kappa shape index (κ1) is 20.8. The van der Waals surface area contributed by atoms with Crippen LogP contribution in [-0.2, 0) is 23.8 Å². The molecule has 0 aliphatic carbocycles. The van der Waals surface area contributed by atoms with Crippen LogP contribution in [0.2, 0.25) is 0 Å². The average molecular weight is 360 g/mol. The Morgan fingerprint density at radius 2 is 1.38 bits per heavy atom. The third kappa shape index (κ3) is 5.70. The summed E-state index contributed by atoms with van der Waals surface area (Å²) in [5.74, 6) is -2.22. The quantitative estimate of drug-likeness (QED) is 0.304. The molecule has 0 aromatic heterocycles. The summed E-state index contributed by atoms with van der Waals surface area (Å²) in [5, 5.41) is 0. The maximum absolute atomic E-state index is 12.3. The number of hydrogen-bond acceptors (Lipinski definition) is 7. The smallest absolute Gasteiger partial charge is 0.337 e. The summed E-state index contributed by atoms with van der Waals surface area (Å²) in [7, 11) is 3.68. The number of carbonyl (C=O) groups is 4. The molecule has 0 fully saturated rings. The Bertz CT molecular complexity index is 742. The zero-order chi connectivity index (χ0) is 19.7. The topological polar surface area (TPSA) is 96.0 Å². The van der Waals surface area contributed by atoms with Crippen LogP contribution in [0.4, 0.5) is 0 Å². The van der Waals surface area contributed by atoms with Gasteiger partial charge in [0.05, 0.1) is 26.9 Å². The lowest BCUT2D eigenvalue weighted by atomic mass is 10.0. The number of allylic oxidation sites excluding steroid dienone is 1. The number of rotatable bonds is 8. The molecule has 0 radical (unpaired) electrons. The summed E-state index contributed by atoms with van der Waals surface area (Å²) in [6, 6.07) is 5.80. The van der Waals surface area contributed by atoms with Crippen LogP contribution < -0.4 is 0 Å². The van der Waals surface area contributed by atoms with Crippen LogP contribution in [0.25, 0.3) is 0 Å². The largest absolute Gasteiger partial charge is 0.466 e. The minimum atomic E-state index is -0.679. The number of carbonyl (C=O) groups excluding carboxylic acids is 4. The number of ketones is 1. The predicted molar refractivity (Wildman–Crippen MR) is 92.6 cm³/mol. The third-order valence-electron chi connectivity index (χ3n) is 3.51. The van der Waals surface area contributed by atoms with E-state index in [0.717, 1.165) is 6.08 Å². The van der Waals surface area contributed by atoms with Gasteiger partial charge in [0.2, 0.25) is 0 Å². The van der Waals surface area contributed by atoms with Gasteiger partial charge in [-0.2, -0.15) is 0 Å².